The third-order valence-electron chi connectivity index (χ3n) is 7.19. The smallest absolute Gasteiger partial charge is 0.273 e. The minimum absolute atomic E-state index is 0.0167. The van der Waals surface area contributed by atoms with Gasteiger partial charge in [0, 0.05) is 73.2 Å². The maximum absolute atomic E-state index is 13.8. The molecule has 1 saturated heterocycles. The van der Waals surface area contributed by atoms with Crippen LogP contribution in [0.25, 0.3) is 10.9 Å². The highest BCUT2D eigenvalue weighted by Crippen LogP contribution is 2.32. The maximum atomic E-state index is 13.8. The molecule has 0 aliphatic carbocycles. The van der Waals surface area contributed by atoms with Crippen LogP contribution in [0.3, 0.4) is 0 Å². The molecular formula is C27H33FN4O5S. The predicted molar refractivity (Wildman–Crippen MR) is 141 cm³/mol. The predicted octanol–water partition coefficient (Wildman–Crippen LogP) is 3.35. The second-order valence-electron chi connectivity index (χ2n) is 9.63. The van der Waals surface area contributed by atoms with Crippen molar-refractivity contribution < 1.29 is 28.2 Å². The fraction of sp³-hybridized carbons (Fsp3) is 0.519. The van der Waals surface area contributed by atoms with Crippen LogP contribution in [0.1, 0.15) is 45.5 Å². The summed E-state index contributed by atoms with van der Waals surface area (Å²) in [5.41, 5.74) is 3.40. The van der Waals surface area contributed by atoms with Crippen LogP contribution in [-0.2, 0) is 32.0 Å². The van der Waals surface area contributed by atoms with Gasteiger partial charge in [0.1, 0.15) is 18.1 Å². The molecular weight excluding hydrogens is 511 g/mol. The Labute approximate surface area is 224 Å². The van der Waals surface area contributed by atoms with Crippen LogP contribution in [0.15, 0.2) is 23.6 Å². The summed E-state index contributed by atoms with van der Waals surface area (Å²) in [6.45, 7) is 4.22. The quantitative estimate of drug-likeness (QED) is 0.393. The number of amides is 2. The number of aromatic nitrogens is 2. The van der Waals surface area contributed by atoms with Gasteiger partial charge in [0.15, 0.2) is 0 Å². The van der Waals surface area contributed by atoms with Gasteiger partial charge in [0.2, 0.25) is 5.91 Å². The molecule has 0 unspecified atom stereocenters. The molecule has 0 spiro atoms. The zero-order valence-corrected chi connectivity index (χ0v) is 22.4. The van der Waals surface area contributed by atoms with Crippen molar-refractivity contribution >= 4 is 34.1 Å². The summed E-state index contributed by atoms with van der Waals surface area (Å²) in [7, 11) is 1.62. The number of aromatic amines is 1. The van der Waals surface area contributed by atoms with E-state index in [2.05, 4.69) is 4.98 Å². The summed E-state index contributed by atoms with van der Waals surface area (Å²) in [4.78, 5) is 37.4. The molecule has 5 rings (SSSR count). The van der Waals surface area contributed by atoms with Crippen LogP contribution in [-0.4, -0.2) is 91.4 Å². The number of hydrogen-bond acceptors (Lipinski definition) is 7. The number of rotatable bonds is 10. The standard InChI is InChI=1S/C27H33FN4O5S/c1-35-10-11-36-12-13-37-16-25(33)31-7-4-18(5-8-31)26-30-24(17-38-26)27(34)32-9-6-23-21(15-32)20-14-19(28)2-3-22(20)29-23/h2-3,14,17-18,29H,4-13,15-16H2,1H3. The highest BCUT2D eigenvalue weighted by atomic mass is 32.1. The highest BCUT2D eigenvalue weighted by molar-refractivity contribution is 7.09. The first-order chi connectivity index (χ1) is 18.5. The summed E-state index contributed by atoms with van der Waals surface area (Å²) >= 11 is 1.51. The molecule has 0 atom stereocenters. The van der Waals surface area contributed by atoms with E-state index < -0.39 is 0 Å². The zero-order valence-electron chi connectivity index (χ0n) is 21.5. The molecule has 0 bridgehead atoms. The number of benzene rings is 1. The first-order valence-electron chi connectivity index (χ1n) is 13.0. The van der Waals surface area contributed by atoms with Gasteiger partial charge in [-0.1, -0.05) is 0 Å². The Hall–Kier alpha value is -2.86. The molecule has 38 heavy (non-hydrogen) atoms. The molecule has 11 heteroatoms. The zero-order chi connectivity index (χ0) is 26.5. The van der Waals surface area contributed by atoms with E-state index in [4.69, 9.17) is 19.2 Å². The van der Waals surface area contributed by atoms with Gasteiger partial charge in [0.05, 0.1) is 31.4 Å². The molecule has 9 nitrogen and oxygen atoms in total. The Balaban J connectivity index is 1.10. The normalized spacial score (nSPS) is 16.3. The Kier molecular flexibility index (Phi) is 8.68. The summed E-state index contributed by atoms with van der Waals surface area (Å²) in [5.74, 6) is -0.169. The third kappa shape index (κ3) is 6.06. The number of piperidine rings is 1. The number of hydrogen-bond donors (Lipinski definition) is 1. The van der Waals surface area contributed by atoms with E-state index in [1.165, 1.54) is 23.5 Å². The molecule has 0 radical (unpaired) electrons. The van der Waals surface area contributed by atoms with E-state index in [0.29, 0.717) is 64.7 Å². The van der Waals surface area contributed by atoms with Crippen molar-refractivity contribution in [1.82, 2.24) is 19.8 Å². The lowest BCUT2D eigenvalue weighted by molar-refractivity contribution is -0.137. The molecule has 2 aliphatic rings. The van der Waals surface area contributed by atoms with Crippen molar-refractivity contribution in [3.63, 3.8) is 0 Å². The van der Waals surface area contributed by atoms with E-state index in [0.717, 1.165) is 40.0 Å². The molecule has 4 heterocycles. The lowest BCUT2D eigenvalue weighted by Gasteiger charge is -2.31. The summed E-state index contributed by atoms with van der Waals surface area (Å²) < 4.78 is 29.5. The molecule has 1 N–H and O–H groups in total. The fourth-order valence-electron chi connectivity index (χ4n) is 5.08. The van der Waals surface area contributed by atoms with Crippen molar-refractivity contribution in [2.75, 3.05) is 59.8 Å². The van der Waals surface area contributed by atoms with Crippen LogP contribution in [0, 0.1) is 5.82 Å². The molecule has 2 aromatic heterocycles. The molecule has 3 aromatic rings. The number of likely N-dealkylation sites (tertiary alicyclic amines) is 1. The van der Waals surface area contributed by atoms with Crippen LogP contribution < -0.4 is 0 Å². The Morgan fingerprint density at radius 1 is 1.11 bits per heavy atom. The molecule has 2 amide bonds. The summed E-state index contributed by atoms with van der Waals surface area (Å²) in [6.07, 6.45) is 2.31. The average Bonchev–Trinajstić information content (AvgIpc) is 3.57. The Bertz CT molecular complexity index is 1270. The summed E-state index contributed by atoms with van der Waals surface area (Å²) in [5, 5.41) is 3.61. The highest BCUT2D eigenvalue weighted by Gasteiger charge is 2.29. The maximum Gasteiger partial charge on any atom is 0.273 e. The monoisotopic (exact) mass is 544 g/mol. The number of carbonyl (C=O) groups excluding carboxylic acids is 2. The number of carbonyl (C=O) groups is 2. The summed E-state index contributed by atoms with van der Waals surface area (Å²) in [6, 6.07) is 4.72. The molecule has 0 saturated carbocycles. The van der Waals surface area contributed by atoms with E-state index >= 15 is 0 Å². The van der Waals surface area contributed by atoms with Crippen molar-refractivity contribution in [2.24, 2.45) is 0 Å². The van der Waals surface area contributed by atoms with Crippen LogP contribution in [0.4, 0.5) is 4.39 Å². The molecule has 2 aliphatic heterocycles. The van der Waals surface area contributed by atoms with Crippen LogP contribution in [0.5, 0.6) is 0 Å². The van der Waals surface area contributed by atoms with Crippen molar-refractivity contribution in [1.29, 1.82) is 0 Å². The van der Waals surface area contributed by atoms with Gasteiger partial charge < -0.3 is 29.0 Å². The second kappa shape index (κ2) is 12.3. The first-order valence-corrected chi connectivity index (χ1v) is 13.9. The number of halogens is 1. The molecule has 1 fully saturated rings. The van der Waals surface area contributed by atoms with E-state index in [-0.39, 0.29) is 30.2 Å². The number of nitrogens with zero attached hydrogens (tertiary/aromatic N) is 3. The minimum Gasteiger partial charge on any atom is -0.382 e. The Morgan fingerprint density at radius 2 is 1.89 bits per heavy atom. The number of thiazole rings is 1. The SMILES string of the molecule is COCCOCCOCC(=O)N1CCC(c2nc(C(=O)N3CCc4[nH]c5ccc(F)cc5c4C3)cs2)CC1. The van der Waals surface area contributed by atoms with Crippen molar-refractivity contribution in [3.05, 3.63) is 51.4 Å². The van der Waals surface area contributed by atoms with Crippen LogP contribution in [0.2, 0.25) is 0 Å². The van der Waals surface area contributed by atoms with Crippen molar-refractivity contribution in [3.8, 4) is 0 Å². The minimum atomic E-state index is -0.282. The average molecular weight is 545 g/mol. The fourth-order valence-corrected chi connectivity index (χ4v) is 6.05. The van der Waals surface area contributed by atoms with E-state index in [1.807, 2.05) is 10.3 Å². The number of ether oxygens (including phenoxy) is 3. The van der Waals surface area contributed by atoms with Gasteiger partial charge in [-0.2, -0.15) is 0 Å². The molecule has 204 valence electrons. The molecule has 1 aromatic carbocycles. The van der Waals surface area contributed by atoms with Gasteiger partial charge in [-0.3, -0.25) is 9.59 Å². The van der Waals surface area contributed by atoms with Gasteiger partial charge in [-0.05, 0) is 31.0 Å². The Morgan fingerprint density at radius 3 is 2.71 bits per heavy atom. The van der Waals surface area contributed by atoms with Gasteiger partial charge in [-0.25, -0.2) is 9.37 Å². The number of H-pyrrole nitrogens is 1. The van der Waals surface area contributed by atoms with E-state index in [1.54, 1.807) is 18.1 Å². The second-order valence-corrected chi connectivity index (χ2v) is 10.5. The lowest BCUT2D eigenvalue weighted by Crippen LogP contribution is -2.40. The lowest BCUT2D eigenvalue weighted by atomic mass is 9.97. The number of nitrogens with one attached hydrogen (secondary N) is 1. The van der Waals surface area contributed by atoms with Gasteiger partial charge in [-0.15, -0.1) is 11.3 Å². The van der Waals surface area contributed by atoms with Gasteiger partial charge >= 0.3 is 0 Å². The van der Waals surface area contributed by atoms with Crippen LogP contribution >= 0.6 is 11.3 Å². The van der Waals surface area contributed by atoms with E-state index in [9.17, 15) is 14.0 Å². The number of fused-ring (bicyclic) bond motifs is 3. The largest absolute Gasteiger partial charge is 0.382 e. The topological polar surface area (TPSA) is 97.0 Å². The third-order valence-corrected chi connectivity index (χ3v) is 8.20. The van der Waals surface area contributed by atoms with Gasteiger partial charge in [0.25, 0.3) is 5.91 Å². The van der Waals surface area contributed by atoms with Crippen molar-refractivity contribution in [2.45, 2.75) is 31.7 Å². The number of methoxy groups -OCH3 is 1. The first kappa shape index (κ1) is 26.7.